The number of rotatable bonds is 4. The summed E-state index contributed by atoms with van der Waals surface area (Å²) >= 11 is 0. The second-order valence-corrected chi connectivity index (χ2v) is 5.54. The summed E-state index contributed by atoms with van der Waals surface area (Å²) < 4.78 is 42.5. The van der Waals surface area contributed by atoms with Crippen LogP contribution in [-0.4, -0.2) is 31.8 Å². The normalized spacial score (nSPS) is 18.0. The van der Waals surface area contributed by atoms with Crippen LogP contribution in [0.2, 0.25) is 0 Å². The number of carbonyl (C=O) groups excluding carboxylic acids is 1. The van der Waals surface area contributed by atoms with Gasteiger partial charge in [0.15, 0.2) is 0 Å². The van der Waals surface area contributed by atoms with Gasteiger partial charge in [-0.05, 0) is 30.5 Å². The molecule has 0 radical (unpaired) electrons. The quantitative estimate of drug-likeness (QED) is 0.897. The van der Waals surface area contributed by atoms with Gasteiger partial charge in [-0.2, -0.15) is 13.2 Å². The van der Waals surface area contributed by atoms with Gasteiger partial charge in [0.1, 0.15) is 0 Å². The lowest BCUT2D eigenvalue weighted by molar-refractivity contribution is -0.130. The molecule has 4 nitrogen and oxygen atoms in total. The third-order valence-corrected chi connectivity index (χ3v) is 3.91. The van der Waals surface area contributed by atoms with Crippen LogP contribution in [0.3, 0.4) is 0 Å². The molecular formula is C15H19F3N2O2. The Balaban J connectivity index is 2.09. The van der Waals surface area contributed by atoms with E-state index in [1.165, 1.54) is 18.2 Å². The van der Waals surface area contributed by atoms with E-state index in [9.17, 15) is 18.0 Å². The zero-order valence-electron chi connectivity index (χ0n) is 12.1. The molecular weight excluding hydrogens is 297 g/mol. The van der Waals surface area contributed by atoms with Crippen LogP contribution in [0, 0.1) is 5.41 Å². The molecule has 1 amide bonds. The van der Waals surface area contributed by atoms with Crippen LogP contribution in [0.5, 0.6) is 0 Å². The topological polar surface area (TPSA) is 64.4 Å². The number of halogens is 3. The lowest BCUT2D eigenvalue weighted by Crippen LogP contribution is -2.46. The van der Waals surface area contributed by atoms with E-state index in [1.54, 1.807) is 6.07 Å². The Morgan fingerprint density at radius 2 is 2.00 bits per heavy atom. The highest BCUT2D eigenvalue weighted by Gasteiger charge is 2.38. The molecule has 22 heavy (non-hydrogen) atoms. The molecule has 1 aliphatic heterocycles. The fraction of sp³-hybridized carbons (Fsp3) is 0.533. The number of amides is 1. The molecule has 122 valence electrons. The second kappa shape index (κ2) is 6.66. The number of hydrogen-bond donors (Lipinski definition) is 2. The Bertz CT molecular complexity index is 526. The molecule has 1 fully saturated rings. The van der Waals surface area contributed by atoms with Gasteiger partial charge in [0.05, 0.1) is 11.8 Å². The Kier molecular flexibility index (Phi) is 5.08. The minimum Gasteiger partial charge on any atom is -0.381 e. The number of ether oxygens (including phenoxy) is 1. The molecule has 0 atom stereocenters. The first kappa shape index (κ1) is 16.8. The maximum absolute atomic E-state index is 12.4. The summed E-state index contributed by atoms with van der Waals surface area (Å²) in [5.74, 6) is -0.262. The van der Waals surface area contributed by atoms with Gasteiger partial charge >= 0.3 is 6.18 Å². The molecule has 1 heterocycles. The molecule has 1 saturated heterocycles. The number of anilines is 1. The number of nitrogens with one attached hydrogen (secondary N) is 1. The standard InChI is InChI=1S/C15H19F3N2O2/c16-15(17,18)9-11-2-1-3-12(8-11)20-13(21)14(10-19)4-6-22-7-5-14/h1-3,8H,4-7,9-10,19H2,(H,20,21). The van der Waals surface area contributed by atoms with Gasteiger partial charge in [-0.25, -0.2) is 0 Å². The van der Waals surface area contributed by atoms with Crippen molar-refractivity contribution >= 4 is 11.6 Å². The maximum Gasteiger partial charge on any atom is 0.393 e. The fourth-order valence-corrected chi connectivity index (χ4v) is 2.54. The van der Waals surface area contributed by atoms with E-state index in [-0.39, 0.29) is 18.0 Å². The Hall–Kier alpha value is -1.60. The highest BCUT2D eigenvalue weighted by Crippen LogP contribution is 2.31. The van der Waals surface area contributed by atoms with Crippen molar-refractivity contribution in [3.63, 3.8) is 0 Å². The highest BCUT2D eigenvalue weighted by molar-refractivity contribution is 5.95. The molecule has 2 rings (SSSR count). The fourth-order valence-electron chi connectivity index (χ4n) is 2.54. The summed E-state index contributed by atoms with van der Waals surface area (Å²) in [4.78, 5) is 12.4. The van der Waals surface area contributed by atoms with Crippen molar-refractivity contribution in [1.29, 1.82) is 0 Å². The van der Waals surface area contributed by atoms with Gasteiger partial charge in [-0.15, -0.1) is 0 Å². The summed E-state index contributed by atoms with van der Waals surface area (Å²) in [6, 6.07) is 5.79. The molecule has 1 aromatic carbocycles. The van der Waals surface area contributed by atoms with Gasteiger partial charge < -0.3 is 15.8 Å². The van der Waals surface area contributed by atoms with E-state index < -0.39 is 18.0 Å². The summed E-state index contributed by atoms with van der Waals surface area (Å²) in [5, 5.41) is 2.69. The number of benzene rings is 1. The van der Waals surface area contributed by atoms with Crippen LogP contribution < -0.4 is 11.1 Å². The molecule has 0 unspecified atom stereocenters. The second-order valence-electron chi connectivity index (χ2n) is 5.54. The zero-order chi connectivity index (χ0) is 16.2. The number of hydrogen-bond acceptors (Lipinski definition) is 3. The molecule has 0 saturated carbocycles. The molecule has 0 spiro atoms. The summed E-state index contributed by atoms with van der Waals surface area (Å²) in [6.45, 7) is 1.10. The van der Waals surface area contributed by atoms with Gasteiger partial charge in [0.2, 0.25) is 5.91 Å². The zero-order valence-corrected chi connectivity index (χ0v) is 12.1. The Morgan fingerprint density at radius 3 is 2.59 bits per heavy atom. The van der Waals surface area contributed by atoms with E-state index >= 15 is 0 Å². The molecule has 7 heteroatoms. The van der Waals surface area contributed by atoms with Crippen molar-refractivity contribution in [2.45, 2.75) is 25.4 Å². The first-order valence-electron chi connectivity index (χ1n) is 7.10. The molecule has 0 aliphatic carbocycles. The van der Waals surface area contributed by atoms with E-state index in [1.807, 2.05) is 0 Å². The first-order chi connectivity index (χ1) is 10.3. The SMILES string of the molecule is NCC1(C(=O)Nc2cccc(CC(F)(F)F)c2)CCOCC1. The summed E-state index contributed by atoms with van der Waals surface area (Å²) in [5.41, 5.74) is 5.49. The smallest absolute Gasteiger partial charge is 0.381 e. The lowest BCUT2D eigenvalue weighted by Gasteiger charge is -2.34. The average molecular weight is 316 g/mol. The van der Waals surface area contributed by atoms with Gasteiger partial charge in [-0.1, -0.05) is 12.1 Å². The molecule has 3 N–H and O–H groups in total. The lowest BCUT2D eigenvalue weighted by atomic mass is 9.79. The minimum absolute atomic E-state index is 0.110. The van der Waals surface area contributed by atoms with E-state index in [2.05, 4.69) is 5.32 Å². The van der Waals surface area contributed by atoms with Crippen molar-refractivity contribution in [1.82, 2.24) is 0 Å². The Labute approximate surface area is 126 Å². The minimum atomic E-state index is -4.28. The predicted octanol–water partition coefficient (Wildman–Crippen LogP) is 2.49. The predicted molar refractivity (Wildman–Crippen MR) is 76.4 cm³/mol. The van der Waals surface area contributed by atoms with Crippen molar-refractivity contribution in [3.05, 3.63) is 29.8 Å². The van der Waals surface area contributed by atoms with E-state index in [4.69, 9.17) is 10.5 Å². The molecule has 1 aromatic rings. The van der Waals surface area contributed by atoms with Gasteiger partial charge in [0.25, 0.3) is 0 Å². The Morgan fingerprint density at radius 1 is 1.32 bits per heavy atom. The molecule has 0 bridgehead atoms. The van der Waals surface area contributed by atoms with Crippen LogP contribution in [-0.2, 0) is 16.0 Å². The van der Waals surface area contributed by atoms with Crippen LogP contribution in [0.25, 0.3) is 0 Å². The summed E-state index contributed by atoms with van der Waals surface area (Å²) in [6.07, 6.45) is -4.27. The van der Waals surface area contributed by atoms with E-state index in [0.717, 1.165) is 0 Å². The van der Waals surface area contributed by atoms with Crippen molar-refractivity contribution in [2.24, 2.45) is 11.1 Å². The van der Waals surface area contributed by atoms with Crippen molar-refractivity contribution in [3.8, 4) is 0 Å². The summed E-state index contributed by atoms with van der Waals surface area (Å²) in [7, 11) is 0. The van der Waals surface area contributed by atoms with Crippen LogP contribution in [0.1, 0.15) is 18.4 Å². The van der Waals surface area contributed by atoms with Crippen LogP contribution in [0.15, 0.2) is 24.3 Å². The highest BCUT2D eigenvalue weighted by atomic mass is 19.4. The van der Waals surface area contributed by atoms with Crippen LogP contribution >= 0.6 is 0 Å². The number of nitrogens with two attached hydrogens (primary N) is 1. The van der Waals surface area contributed by atoms with Crippen molar-refractivity contribution < 1.29 is 22.7 Å². The molecule has 1 aliphatic rings. The third kappa shape index (κ3) is 4.20. The van der Waals surface area contributed by atoms with E-state index in [0.29, 0.717) is 31.7 Å². The van der Waals surface area contributed by atoms with Crippen LogP contribution in [0.4, 0.5) is 18.9 Å². The molecule has 0 aromatic heterocycles. The maximum atomic E-state index is 12.4. The first-order valence-corrected chi connectivity index (χ1v) is 7.10. The third-order valence-electron chi connectivity index (χ3n) is 3.91. The number of alkyl halides is 3. The largest absolute Gasteiger partial charge is 0.393 e. The number of carbonyl (C=O) groups is 1. The van der Waals surface area contributed by atoms with Gasteiger partial charge in [-0.3, -0.25) is 4.79 Å². The van der Waals surface area contributed by atoms with Crippen molar-refractivity contribution in [2.75, 3.05) is 25.1 Å². The van der Waals surface area contributed by atoms with Gasteiger partial charge in [0, 0.05) is 25.4 Å². The average Bonchev–Trinajstić information content (AvgIpc) is 2.46. The monoisotopic (exact) mass is 316 g/mol.